The van der Waals surface area contributed by atoms with Crippen LogP contribution in [0.5, 0.6) is 5.75 Å². The number of anilines is 1. The SMILES string of the molecule is CCCCNC(=O)c1cn(CC)nc1S(=O)(=O)N1CCN(c2ccccc2OCC)CC1. The van der Waals surface area contributed by atoms with Gasteiger partial charge >= 0.3 is 0 Å². The van der Waals surface area contributed by atoms with Crippen molar-refractivity contribution in [2.24, 2.45) is 0 Å². The Hall–Kier alpha value is -2.59. The molecular weight excluding hydrogens is 430 g/mol. The molecule has 0 saturated carbocycles. The highest BCUT2D eigenvalue weighted by molar-refractivity contribution is 7.89. The molecule has 1 fully saturated rings. The van der Waals surface area contributed by atoms with Gasteiger partial charge in [0.1, 0.15) is 5.75 Å². The average molecular weight is 464 g/mol. The number of unbranched alkanes of at least 4 members (excludes halogenated alkanes) is 1. The van der Waals surface area contributed by atoms with Crippen LogP contribution in [0.25, 0.3) is 0 Å². The zero-order chi connectivity index (χ0) is 23.1. The van der Waals surface area contributed by atoms with E-state index >= 15 is 0 Å². The van der Waals surface area contributed by atoms with Gasteiger partial charge in [-0.15, -0.1) is 0 Å². The number of para-hydroxylation sites is 2. The minimum atomic E-state index is -3.90. The van der Waals surface area contributed by atoms with Gasteiger partial charge in [-0.3, -0.25) is 9.48 Å². The normalized spacial score (nSPS) is 15.0. The lowest BCUT2D eigenvalue weighted by Crippen LogP contribution is -2.49. The Labute approximate surface area is 190 Å². The molecule has 1 aromatic carbocycles. The standard InChI is InChI=1S/C22H33N5O4S/c1-4-7-12-23-21(28)18-17-26(5-2)24-22(18)32(29,30)27-15-13-25(14-16-27)19-10-8-9-11-20(19)31-6-3/h8-11,17H,4-7,12-16H2,1-3H3,(H,23,28). The maximum absolute atomic E-state index is 13.4. The van der Waals surface area contributed by atoms with Crippen molar-refractivity contribution in [3.05, 3.63) is 36.0 Å². The summed E-state index contributed by atoms with van der Waals surface area (Å²) in [6.45, 7) is 9.03. The highest BCUT2D eigenvalue weighted by Crippen LogP contribution is 2.30. The van der Waals surface area contributed by atoms with Crippen LogP contribution in [0.2, 0.25) is 0 Å². The van der Waals surface area contributed by atoms with Crippen LogP contribution in [0.1, 0.15) is 44.0 Å². The summed E-state index contributed by atoms with van der Waals surface area (Å²) < 4.78 is 35.5. The summed E-state index contributed by atoms with van der Waals surface area (Å²) in [4.78, 5) is 14.8. The van der Waals surface area contributed by atoms with Crippen LogP contribution in [0, 0.1) is 0 Å². The Morgan fingerprint density at radius 3 is 2.50 bits per heavy atom. The predicted molar refractivity (Wildman–Crippen MR) is 124 cm³/mol. The fraction of sp³-hybridized carbons (Fsp3) is 0.545. The molecule has 1 aliphatic rings. The molecule has 0 bridgehead atoms. The Kier molecular flexibility index (Phi) is 8.14. The Morgan fingerprint density at radius 1 is 1.12 bits per heavy atom. The highest BCUT2D eigenvalue weighted by Gasteiger charge is 2.35. The van der Waals surface area contributed by atoms with E-state index in [2.05, 4.69) is 15.3 Å². The third-order valence-corrected chi connectivity index (χ3v) is 7.28. The second-order valence-electron chi connectivity index (χ2n) is 7.60. The Bertz CT molecular complexity index is 1010. The number of hydrogen-bond donors (Lipinski definition) is 1. The van der Waals surface area contributed by atoms with Crippen molar-refractivity contribution in [1.29, 1.82) is 0 Å². The molecule has 1 amide bonds. The molecule has 0 atom stereocenters. The van der Waals surface area contributed by atoms with E-state index < -0.39 is 15.9 Å². The minimum absolute atomic E-state index is 0.104. The molecule has 2 heterocycles. The number of aryl methyl sites for hydroxylation is 1. The first-order valence-corrected chi connectivity index (χ1v) is 12.7. The second-order valence-corrected chi connectivity index (χ2v) is 9.46. The van der Waals surface area contributed by atoms with E-state index in [0.29, 0.717) is 45.9 Å². The van der Waals surface area contributed by atoms with Gasteiger partial charge in [0.2, 0.25) is 5.03 Å². The molecule has 0 aliphatic carbocycles. The topological polar surface area (TPSA) is 96.8 Å². The summed E-state index contributed by atoms with van der Waals surface area (Å²) in [5.74, 6) is 0.389. The first kappa shape index (κ1) is 24.1. The number of sulfonamides is 1. The molecule has 1 aromatic heterocycles. The molecule has 10 heteroatoms. The summed E-state index contributed by atoms with van der Waals surface area (Å²) in [6, 6.07) is 7.77. The van der Waals surface area contributed by atoms with Crippen LogP contribution < -0.4 is 15.0 Å². The van der Waals surface area contributed by atoms with Crippen LogP contribution in [-0.4, -0.2) is 67.7 Å². The number of nitrogens with one attached hydrogen (secondary N) is 1. The van der Waals surface area contributed by atoms with Crippen LogP contribution in [0.4, 0.5) is 5.69 Å². The average Bonchev–Trinajstić information content (AvgIpc) is 3.26. The lowest BCUT2D eigenvalue weighted by molar-refractivity contribution is 0.0949. The van der Waals surface area contributed by atoms with Gasteiger partial charge in [-0.1, -0.05) is 25.5 Å². The van der Waals surface area contributed by atoms with Gasteiger partial charge in [0.05, 0.1) is 17.9 Å². The molecule has 176 valence electrons. The van der Waals surface area contributed by atoms with Gasteiger partial charge in [-0.2, -0.15) is 9.40 Å². The molecule has 1 saturated heterocycles. The molecule has 3 rings (SSSR count). The number of amides is 1. The summed E-state index contributed by atoms with van der Waals surface area (Å²) in [7, 11) is -3.90. The van der Waals surface area contributed by atoms with Gasteiger partial charge in [0.15, 0.2) is 0 Å². The van der Waals surface area contributed by atoms with Gasteiger partial charge in [0.25, 0.3) is 15.9 Å². The number of rotatable bonds is 10. The van der Waals surface area contributed by atoms with Crippen molar-refractivity contribution in [1.82, 2.24) is 19.4 Å². The molecule has 1 N–H and O–H groups in total. The van der Waals surface area contributed by atoms with Crippen molar-refractivity contribution < 1.29 is 17.9 Å². The van der Waals surface area contributed by atoms with E-state index in [0.717, 1.165) is 24.3 Å². The van der Waals surface area contributed by atoms with Gasteiger partial charge in [0, 0.05) is 45.5 Å². The van der Waals surface area contributed by atoms with E-state index in [1.165, 1.54) is 15.2 Å². The quantitative estimate of drug-likeness (QED) is 0.544. The summed E-state index contributed by atoms with van der Waals surface area (Å²) in [5.41, 5.74) is 1.06. The van der Waals surface area contributed by atoms with Crippen molar-refractivity contribution in [3.63, 3.8) is 0 Å². The number of hydrogen-bond acceptors (Lipinski definition) is 6. The number of aromatic nitrogens is 2. The number of carbonyl (C=O) groups is 1. The van der Waals surface area contributed by atoms with E-state index in [9.17, 15) is 13.2 Å². The lowest BCUT2D eigenvalue weighted by atomic mass is 10.2. The Morgan fingerprint density at radius 2 is 1.84 bits per heavy atom. The molecule has 1 aliphatic heterocycles. The van der Waals surface area contributed by atoms with E-state index in [4.69, 9.17) is 4.74 Å². The maximum atomic E-state index is 13.4. The largest absolute Gasteiger partial charge is 0.492 e. The third-order valence-electron chi connectivity index (χ3n) is 5.44. The molecule has 0 radical (unpaired) electrons. The highest BCUT2D eigenvalue weighted by atomic mass is 32.2. The summed E-state index contributed by atoms with van der Waals surface area (Å²) >= 11 is 0. The van der Waals surface area contributed by atoms with Gasteiger partial charge < -0.3 is 15.0 Å². The van der Waals surface area contributed by atoms with Gasteiger partial charge in [-0.05, 0) is 32.4 Å². The smallest absolute Gasteiger partial charge is 0.263 e. The fourth-order valence-electron chi connectivity index (χ4n) is 3.67. The first-order valence-electron chi connectivity index (χ1n) is 11.2. The molecule has 2 aromatic rings. The number of benzene rings is 1. The molecule has 9 nitrogen and oxygen atoms in total. The van der Waals surface area contributed by atoms with E-state index in [-0.39, 0.29) is 10.6 Å². The first-order chi connectivity index (χ1) is 15.4. The van der Waals surface area contributed by atoms with Crippen LogP contribution in [-0.2, 0) is 16.6 Å². The van der Waals surface area contributed by atoms with Crippen molar-refractivity contribution in [2.45, 2.75) is 45.2 Å². The predicted octanol–water partition coefficient (Wildman–Crippen LogP) is 2.34. The van der Waals surface area contributed by atoms with Crippen LogP contribution >= 0.6 is 0 Å². The number of ether oxygens (including phenoxy) is 1. The number of piperazine rings is 1. The zero-order valence-electron chi connectivity index (χ0n) is 19.1. The monoisotopic (exact) mass is 463 g/mol. The molecule has 0 spiro atoms. The van der Waals surface area contributed by atoms with Crippen LogP contribution in [0.15, 0.2) is 35.5 Å². The Balaban J connectivity index is 1.77. The van der Waals surface area contributed by atoms with Crippen molar-refractivity contribution in [3.8, 4) is 5.75 Å². The second kappa shape index (κ2) is 10.8. The van der Waals surface area contributed by atoms with E-state index in [1.54, 1.807) is 0 Å². The molecular formula is C22H33N5O4S. The lowest BCUT2D eigenvalue weighted by Gasteiger charge is -2.35. The molecule has 0 unspecified atom stereocenters. The summed E-state index contributed by atoms with van der Waals surface area (Å²) in [5, 5.41) is 6.87. The fourth-order valence-corrected chi connectivity index (χ4v) is 5.19. The number of carbonyl (C=O) groups excluding carboxylic acids is 1. The zero-order valence-corrected chi connectivity index (χ0v) is 19.9. The minimum Gasteiger partial charge on any atom is -0.492 e. The number of nitrogens with zero attached hydrogens (tertiary/aromatic N) is 4. The van der Waals surface area contributed by atoms with Crippen molar-refractivity contribution in [2.75, 3.05) is 44.2 Å². The third kappa shape index (κ3) is 5.24. The molecule has 32 heavy (non-hydrogen) atoms. The maximum Gasteiger partial charge on any atom is 0.263 e. The van der Waals surface area contributed by atoms with E-state index in [1.807, 2.05) is 45.0 Å². The van der Waals surface area contributed by atoms with Crippen LogP contribution in [0.3, 0.4) is 0 Å². The van der Waals surface area contributed by atoms with Crippen molar-refractivity contribution >= 4 is 21.6 Å². The summed E-state index contributed by atoms with van der Waals surface area (Å²) in [6.07, 6.45) is 3.29. The van der Waals surface area contributed by atoms with Gasteiger partial charge in [-0.25, -0.2) is 8.42 Å².